The molecular formula is C13H12N2OS. The molecule has 0 unspecified atom stereocenters. The molecule has 2 N–H and O–H groups in total. The molecule has 0 aliphatic heterocycles. The van der Waals surface area contributed by atoms with E-state index in [4.69, 9.17) is 11.0 Å². The Morgan fingerprint density at radius 1 is 1.47 bits per heavy atom. The average molecular weight is 244 g/mol. The normalized spacial score (nSPS) is 8.94. The van der Waals surface area contributed by atoms with E-state index >= 15 is 0 Å². The van der Waals surface area contributed by atoms with Crippen LogP contribution in [-0.2, 0) is 4.79 Å². The van der Waals surface area contributed by atoms with Gasteiger partial charge in [0.1, 0.15) is 6.07 Å². The van der Waals surface area contributed by atoms with E-state index in [9.17, 15) is 4.79 Å². The summed E-state index contributed by atoms with van der Waals surface area (Å²) in [7, 11) is 0. The van der Waals surface area contributed by atoms with E-state index in [1.54, 1.807) is 18.2 Å². The highest BCUT2D eigenvalue weighted by atomic mass is 32.2. The van der Waals surface area contributed by atoms with Gasteiger partial charge in [-0.3, -0.25) is 4.79 Å². The van der Waals surface area contributed by atoms with Crippen molar-refractivity contribution in [1.82, 2.24) is 0 Å². The first kappa shape index (κ1) is 13.2. The Balaban J connectivity index is 2.66. The van der Waals surface area contributed by atoms with Crippen LogP contribution in [0.5, 0.6) is 0 Å². The van der Waals surface area contributed by atoms with Crippen molar-refractivity contribution in [2.45, 2.75) is 13.3 Å². The number of hydrogen-bond donors (Lipinski definition) is 1. The Labute approximate surface area is 105 Å². The van der Waals surface area contributed by atoms with Crippen molar-refractivity contribution in [1.29, 1.82) is 5.26 Å². The van der Waals surface area contributed by atoms with Gasteiger partial charge in [-0.05, 0) is 18.2 Å². The third-order valence-electron chi connectivity index (χ3n) is 1.92. The average Bonchev–Trinajstić information content (AvgIpc) is 2.29. The maximum absolute atomic E-state index is 10.7. The van der Waals surface area contributed by atoms with Crippen LogP contribution in [0, 0.1) is 23.2 Å². The summed E-state index contributed by atoms with van der Waals surface area (Å²) in [5, 5.41) is 8.99. The number of nitriles is 1. The molecule has 0 saturated heterocycles. The van der Waals surface area contributed by atoms with Crippen molar-refractivity contribution in [2.75, 3.05) is 11.5 Å². The highest BCUT2D eigenvalue weighted by molar-refractivity contribution is 8.13. The topological polar surface area (TPSA) is 66.9 Å². The Morgan fingerprint density at radius 2 is 2.24 bits per heavy atom. The zero-order chi connectivity index (χ0) is 12.7. The molecule has 0 fully saturated rings. The van der Waals surface area contributed by atoms with E-state index in [1.807, 2.05) is 0 Å². The second-order valence-corrected chi connectivity index (χ2v) is 4.58. The molecule has 0 aliphatic rings. The number of anilines is 1. The predicted molar refractivity (Wildman–Crippen MR) is 70.2 cm³/mol. The maximum Gasteiger partial charge on any atom is 0.185 e. The summed E-state index contributed by atoms with van der Waals surface area (Å²) in [5.41, 5.74) is 7.29. The van der Waals surface area contributed by atoms with Gasteiger partial charge in [0.05, 0.1) is 5.56 Å². The van der Waals surface area contributed by atoms with Gasteiger partial charge in [0, 0.05) is 30.3 Å². The zero-order valence-corrected chi connectivity index (χ0v) is 10.3. The summed E-state index contributed by atoms with van der Waals surface area (Å²) in [6, 6.07) is 7.11. The van der Waals surface area contributed by atoms with Crippen molar-refractivity contribution >= 4 is 22.6 Å². The van der Waals surface area contributed by atoms with Gasteiger partial charge >= 0.3 is 0 Å². The fourth-order valence-electron chi connectivity index (χ4n) is 1.17. The van der Waals surface area contributed by atoms with E-state index in [-0.39, 0.29) is 5.12 Å². The van der Waals surface area contributed by atoms with E-state index < -0.39 is 0 Å². The van der Waals surface area contributed by atoms with Crippen molar-refractivity contribution < 1.29 is 4.79 Å². The molecule has 0 atom stereocenters. The molecule has 0 saturated carbocycles. The molecule has 4 heteroatoms. The van der Waals surface area contributed by atoms with Crippen LogP contribution in [0.25, 0.3) is 0 Å². The van der Waals surface area contributed by atoms with Gasteiger partial charge < -0.3 is 5.73 Å². The molecular weight excluding hydrogens is 232 g/mol. The first-order valence-electron chi connectivity index (χ1n) is 5.05. The number of carbonyl (C=O) groups is 1. The maximum atomic E-state index is 10.7. The Bertz CT molecular complexity index is 520. The number of rotatable bonds is 2. The molecule has 0 aliphatic carbocycles. The molecule has 1 rings (SSSR count). The molecule has 0 aromatic heterocycles. The number of hydrogen-bond acceptors (Lipinski definition) is 4. The number of nitrogens with two attached hydrogens (primary N) is 1. The summed E-state index contributed by atoms with van der Waals surface area (Å²) in [4.78, 5) is 10.7. The van der Waals surface area contributed by atoms with Crippen LogP contribution in [-0.4, -0.2) is 10.9 Å². The van der Waals surface area contributed by atoms with Crippen LogP contribution in [0.15, 0.2) is 18.2 Å². The van der Waals surface area contributed by atoms with Gasteiger partial charge in [0.15, 0.2) is 5.12 Å². The Hall–Kier alpha value is -1.91. The summed E-state index contributed by atoms with van der Waals surface area (Å²) in [5.74, 6) is 6.53. The molecule has 86 valence electrons. The third kappa shape index (κ3) is 4.63. The van der Waals surface area contributed by atoms with E-state index in [1.165, 1.54) is 18.7 Å². The van der Waals surface area contributed by atoms with Crippen molar-refractivity contribution in [3.05, 3.63) is 29.3 Å². The zero-order valence-electron chi connectivity index (χ0n) is 9.49. The predicted octanol–water partition coefficient (Wildman–Crippen LogP) is 2.16. The number of nitrogens with zero attached hydrogens (tertiary/aromatic N) is 1. The van der Waals surface area contributed by atoms with Crippen LogP contribution in [0.4, 0.5) is 5.69 Å². The molecule has 3 nitrogen and oxygen atoms in total. The van der Waals surface area contributed by atoms with E-state index in [0.29, 0.717) is 29.0 Å². The highest BCUT2D eigenvalue weighted by Gasteiger charge is 1.98. The largest absolute Gasteiger partial charge is 0.399 e. The third-order valence-corrected chi connectivity index (χ3v) is 2.73. The van der Waals surface area contributed by atoms with Crippen molar-refractivity contribution in [2.24, 2.45) is 0 Å². The van der Waals surface area contributed by atoms with Crippen LogP contribution < -0.4 is 5.73 Å². The fourth-order valence-corrected chi connectivity index (χ4v) is 1.66. The van der Waals surface area contributed by atoms with Crippen molar-refractivity contribution in [3.63, 3.8) is 0 Å². The molecule has 0 bridgehead atoms. The van der Waals surface area contributed by atoms with Gasteiger partial charge in [-0.25, -0.2) is 0 Å². The molecule has 0 heterocycles. The van der Waals surface area contributed by atoms with Gasteiger partial charge in [0.2, 0.25) is 0 Å². The number of nitrogen functional groups attached to an aromatic ring is 1. The minimum atomic E-state index is 0.0944. The monoisotopic (exact) mass is 244 g/mol. The first-order chi connectivity index (χ1) is 8.13. The quantitative estimate of drug-likeness (QED) is 0.492. The number of carbonyl (C=O) groups excluding carboxylic acids is 1. The lowest BCUT2D eigenvalue weighted by atomic mass is 10.1. The summed E-state index contributed by atoms with van der Waals surface area (Å²) >= 11 is 1.25. The first-order valence-corrected chi connectivity index (χ1v) is 6.04. The fraction of sp³-hybridized carbons (Fsp3) is 0.231. The van der Waals surface area contributed by atoms with Gasteiger partial charge in [-0.15, -0.1) is 0 Å². The lowest BCUT2D eigenvalue weighted by molar-refractivity contribution is -0.109. The standard InChI is InChI=1S/C13H12N2OS/c1-10(16)17-7-3-2-4-11-5-6-13(15)8-12(11)9-14/h5-6,8H,3,7,15H2,1H3. The molecule has 0 radical (unpaired) electrons. The molecule has 1 aromatic carbocycles. The van der Waals surface area contributed by atoms with Gasteiger partial charge in [-0.1, -0.05) is 23.6 Å². The van der Waals surface area contributed by atoms with E-state index in [0.717, 1.165) is 0 Å². The number of benzene rings is 1. The smallest absolute Gasteiger partial charge is 0.185 e. The SMILES string of the molecule is CC(=O)SCCC#Cc1ccc(N)cc1C#N. The van der Waals surface area contributed by atoms with Crippen LogP contribution in [0.1, 0.15) is 24.5 Å². The molecule has 0 amide bonds. The number of thioether (sulfide) groups is 1. The minimum absolute atomic E-state index is 0.0944. The van der Waals surface area contributed by atoms with Crippen LogP contribution in [0.2, 0.25) is 0 Å². The lowest BCUT2D eigenvalue weighted by Gasteiger charge is -1.96. The summed E-state index contributed by atoms with van der Waals surface area (Å²) < 4.78 is 0. The molecule has 0 spiro atoms. The lowest BCUT2D eigenvalue weighted by Crippen LogP contribution is -1.89. The minimum Gasteiger partial charge on any atom is -0.399 e. The van der Waals surface area contributed by atoms with Crippen LogP contribution in [0.3, 0.4) is 0 Å². The Morgan fingerprint density at radius 3 is 2.88 bits per heavy atom. The molecule has 17 heavy (non-hydrogen) atoms. The summed E-state index contributed by atoms with van der Waals surface area (Å²) in [6.45, 7) is 1.53. The highest BCUT2D eigenvalue weighted by Crippen LogP contribution is 2.11. The molecule has 1 aromatic rings. The Kier molecular flexibility index (Phi) is 5.13. The van der Waals surface area contributed by atoms with Gasteiger partial charge in [-0.2, -0.15) is 5.26 Å². The van der Waals surface area contributed by atoms with Gasteiger partial charge in [0.25, 0.3) is 0 Å². The van der Waals surface area contributed by atoms with Crippen LogP contribution >= 0.6 is 11.8 Å². The van der Waals surface area contributed by atoms with E-state index in [2.05, 4.69) is 17.9 Å². The summed E-state index contributed by atoms with van der Waals surface area (Å²) in [6.07, 6.45) is 0.624. The second-order valence-electron chi connectivity index (χ2n) is 3.31. The van der Waals surface area contributed by atoms with Crippen molar-refractivity contribution in [3.8, 4) is 17.9 Å². The second kappa shape index (κ2) is 6.62.